The lowest BCUT2D eigenvalue weighted by Crippen LogP contribution is -2.34. The second-order valence-corrected chi connectivity index (χ2v) is 2.80. The molecule has 0 amide bonds. The topological polar surface area (TPSA) is 26.0 Å². The van der Waals surface area contributed by atoms with Gasteiger partial charge in [-0.1, -0.05) is 19.1 Å². The lowest BCUT2D eigenvalue weighted by atomic mass is 10.2. The average molecular weight is 215 g/mol. The van der Waals surface area contributed by atoms with Crippen LogP contribution in [0.25, 0.3) is 0 Å². The van der Waals surface area contributed by atoms with E-state index in [1.54, 1.807) is 6.92 Å². The maximum absolute atomic E-state index is 12.4. The van der Waals surface area contributed by atoms with Crippen LogP contribution in [0.4, 0.5) is 17.6 Å². The Balaban J connectivity index is 4.61. The number of allylic oxidation sites excluding steroid dienone is 2. The molecule has 1 nitrogen and oxygen atoms in total. The normalized spacial score (nSPS) is 13.5. The van der Waals surface area contributed by atoms with Gasteiger partial charge in [-0.2, -0.15) is 8.78 Å². The molecule has 0 bridgehead atoms. The smallest absolute Gasteiger partial charge is 0.342 e. The Kier molecular flexibility index (Phi) is 4.32. The SMILES string of the molecule is CC/C(N)=C/C(=S)C(F)(F)C(F)F. The first-order chi connectivity index (χ1) is 5.82. The van der Waals surface area contributed by atoms with Crippen molar-refractivity contribution in [3.63, 3.8) is 0 Å². The molecular formula is C7H9F4NS. The van der Waals surface area contributed by atoms with Crippen LogP contribution in [0.3, 0.4) is 0 Å². The van der Waals surface area contributed by atoms with Gasteiger partial charge in [0.2, 0.25) is 0 Å². The van der Waals surface area contributed by atoms with Crippen LogP contribution in [0.5, 0.6) is 0 Å². The van der Waals surface area contributed by atoms with Crippen LogP contribution in [0.1, 0.15) is 13.3 Å². The van der Waals surface area contributed by atoms with E-state index in [0.717, 1.165) is 0 Å². The summed E-state index contributed by atoms with van der Waals surface area (Å²) in [6, 6.07) is 0. The van der Waals surface area contributed by atoms with E-state index in [1.807, 2.05) is 0 Å². The molecule has 0 heterocycles. The van der Waals surface area contributed by atoms with Gasteiger partial charge in [0.1, 0.15) is 0 Å². The third-order valence-electron chi connectivity index (χ3n) is 1.33. The highest BCUT2D eigenvalue weighted by Gasteiger charge is 2.44. The predicted molar refractivity (Wildman–Crippen MR) is 46.1 cm³/mol. The largest absolute Gasteiger partial charge is 0.402 e. The Bertz CT molecular complexity index is 225. The van der Waals surface area contributed by atoms with Gasteiger partial charge in [-0.25, -0.2) is 8.78 Å². The molecule has 0 aromatic carbocycles. The van der Waals surface area contributed by atoms with Crippen LogP contribution < -0.4 is 5.73 Å². The number of rotatable bonds is 4. The van der Waals surface area contributed by atoms with E-state index in [0.29, 0.717) is 12.5 Å². The van der Waals surface area contributed by atoms with Crippen molar-refractivity contribution >= 4 is 17.1 Å². The van der Waals surface area contributed by atoms with Gasteiger partial charge in [-0.3, -0.25) is 0 Å². The molecule has 0 fully saturated rings. The van der Waals surface area contributed by atoms with Gasteiger partial charge in [-0.05, 0) is 12.5 Å². The van der Waals surface area contributed by atoms with E-state index in [1.165, 1.54) is 0 Å². The fourth-order valence-electron chi connectivity index (χ4n) is 0.474. The van der Waals surface area contributed by atoms with Crippen LogP contribution in [0.2, 0.25) is 0 Å². The third kappa shape index (κ3) is 3.30. The van der Waals surface area contributed by atoms with Crippen molar-refractivity contribution in [1.29, 1.82) is 0 Å². The molecule has 0 atom stereocenters. The number of thiocarbonyl (C=S) groups is 1. The molecule has 0 saturated heterocycles. The number of hydrogen-bond acceptors (Lipinski definition) is 2. The van der Waals surface area contributed by atoms with E-state index < -0.39 is 17.2 Å². The quantitative estimate of drug-likeness (QED) is 0.443. The molecule has 0 rings (SSSR count). The fraction of sp³-hybridized carbons (Fsp3) is 0.571. The Morgan fingerprint density at radius 2 is 2.00 bits per heavy atom. The van der Waals surface area contributed by atoms with Crippen molar-refractivity contribution in [1.82, 2.24) is 0 Å². The Hall–Kier alpha value is -0.650. The van der Waals surface area contributed by atoms with Gasteiger partial charge in [0.15, 0.2) is 0 Å². The average Bonchev–Trinajstić information content (AvgIpc) is 2.03. The summed E-state index contributed by atoms with van der Waals surface area (Å²) in [5.41, 5.74) is 5.23. The molecule has 2 N–H and O–H groups in total. The molecule has 76 valence electrons. The van der Waals surface area contributed by atoms with Gasteiger partial charge in [0.25, 0.3) is 0 Å². The van der Waals surface area contributed by atoms with E-state index in [2.05, 4.69) is 12.2 Å². The molecule has 0 aliphatic heterocycles. The highest BCUT2D eigenvalue weighted by atomic mass is 32.1. The maximum atomic E-state index is 12.4. The summed E-state index contributed by atoms with van der Waals surface area (Å²) in [4.78, 5) is -1.12. The monoisotopic (exact) mass is 215 g/mol. The van der Waals surface area contributed by atoms with Crippen molar-refractivity contribution in [2.45, 2.75) is 25.7 Å². The van der Waals surface area contributed by atoms with Crippen molar-refractivity contribution in [3.05, 3.63) is 11.8 Å². The van der Waals surface area contributed by atoms with Gasteiger partial charge < -0.3 is 5.73 Å². The lowest BCUT2D eigenvalue weighted by molar-refractivity contribution is -0.0725. The molecule has 0 aliphatic carbocycles. The number of hydrogen-bond donors (Lipinski definition) is 1. The lowest BCUT2D eigenvalue weighted by Gasteiger charge is -2.13. The summed E-state index contributed by atoms with van der Waals surface area (Å²) in [5, 5.41) is 0. The van der Waals surface area contributed by atoms with Crippen LogP contribution >= 0.6 is 12.2 Å². The first-order valence-electron chi connectivity index (χ1n) is 3.48. The number of alkyl halides is 4. The van der Waals surface area contributed by atoms with Crippen LogP contribution in [-0.4, -0.2) is 17.2 Å². The third-order valence-corrected chi connectivity index (χ3v) is 1.72. The summed E-state index contributed by atoms with van der Waals surface area (Å²) < 4.78 is 48.3. The van der Waals surface area contributed by atoms with Crippen molar-refractivity contribution in [2.24, 2.45) is 5.73 Å². The molecule has 0 aromatic rings. The zero-order chi connectivity index (χ0) is 10.6. The van der Waals surface area contributed by atoms with Crippen molar-refractivity contribution in [3.8, 4) is 0 Å². The molecule has 0 saturated carbocycles. The molecule has 0 aromatic heterocycles. The number of nitrogens with two attached hydrogens (primary N) is 1. The first kappa shape index (κ1) is 12.3. The molecule has 0 unspecified atom stereocenters. The fourth-order valence-corrected chi connectivity index (χ4v) is 0.715. The van der Waals surface area contributed by atoms with Gasteiger partial charge >= 0.3 is 12.3 Å². The van der Waals surface area contributed by atoms with Crippen molar-refractivity contribution < 1.29 is 17.6 Å². The van der Waals surface area contributed by atoms with Crippen molar-refractivity contribution in [2.75, 3.05) is 0 Å². The van der Waals surface area contributed by atoms with Crippen LogP contribution in [-0.2, 0) is 0 Å². The Labute approximate surface area is 78.6 Å². The molecule has 0 radical (unpaired) electrons. The van der Waals surface area contributed by atoms with Gasteiger partial charge in [0.05, 0.1) is 4.86 Å². The molecule has 13 heavy (non-hydrogen) atoms. The first-order valence-corrected chi connectivity index (χ1v) is 3.89. The van der Waals surface area contributed by atoms with E-state index >= 15 is 0 Å². The van der Waals surface area contributed by atoms with Gasteiger partial charge in [-0.15, -0.1) is 0 Å². The minimum Gasteiger partial charge on any atom is -0.402 e. The summed E-state index contributed by atoms with van der Waals surface area (Å²) in [5.74, 6) is -4.27. The Morgan fingerprint density at radius 1 is 1.54 bits per heavy atom. The Morgan fingerprint density at radius 3 is 2.31 bits per heavy atom. The van der Waals surface area contributed by atoms with E-state index in [9.17, 15) is 17.6 Å². The summed E-state index contributed by atoms with van der Waals surface area (Å²) in [6.45, 7) is 1.61. The second kappa shape index (κ2) is 4.55. The molecule has 0 spiro atoms. The summed E-state index contributed by atoms with van der Waals surface area (Å²) in [6.07, 6.45) is -2.79. The molecule has 6 heteroatoms. The highest BCUT2D eigenvalue weighted by molar-refractivity contribution is 7.81. The van der Waals surface area contributed by atoms with Gasteiger partial charge in [0, 0.05) is 5.70 Å². The minimum absolute atomic E-state index is 0.0605. The second-order valence-electron chi connectivity index (χ2n) is 2.36. The zero-order valence-electron chi connectivity index (χ0n) is 6.86. The van der Waals surface area contributed by atoms with Crippen LogP contribution in [0.15, 0.2) is 11.8 Å². The minimum atomic E-state index is -4.27. The molecular weight excluding hydrogens is 206 g/mol. The van der Waals surface area contributed by atoms with Crippen LogP contribution in [0, 0.1) is 0 Å². The van der Waals surface area contributed by atoms with E-state index in [4.69, 9.17) is 5.73 Å². The summed E-state index contributed by atoms with van der Waals surface area (Å²) >= 11 is 4.12. The van der Waals surface area contributed by atoms with E-state index in [-0.39, 0.29) is 5.70 Å². The maximum Gasteiger partial charge on any atom is 0.342 e. The predicted octanol–water partition coefficient (Wildman–Crippen LogP) is 2.51. The highest BCUT2D eigenvalue weighted by Crippen LogP contribution is 2.25. The number of halogens is 4. The summed E-state index contributed by atoms with van der Waals surface area (Å²) in [7, 11) is 0. The standard InChI is InChI=1S/C7H9F4NS/c1-2-4(12)3-5(13)7(10,11)6(8)9/h3,6H,2,12H2,1H3/b4-3-. The zero-order valence-corrected chi connectivity index (χ0v) is 7.68. The molecule has 0 aliphatic rings.